The van der Waals surface area contributed by atoms with Gasteiger partial charge in [0.1, 0.15) is 16.6 Å². The van der Waals surface area contributed by atoms with Crippen molar-refractivity contribution in [3.05, 3.63) is 50.7 Å². The monoisotopic (exact) mass is 491 g/mol. The Kier molecular flexibility index (Phi) is 6.67. The van der Waals surface area contributed by atoms with Crippen molar-refractivity contribution in [3.8, 4) is 26.9 Å². The normalized spacial score (nSPS) is 12.2. The lowest BCUT2D eigenvalue weighted by Crippen LogP contribution is -2.31. The zero-order chi connectivity index (χ0) is 19.6. The third-order valence-corrected chi connectivity index (χ3v) is 5.47. The Balaban J connectivity index is 1.89. The van der Waals surface area contributed by atoms with Crippen LogP contribution in [-0.2, 0) is 0 Å². The average molecular weight is 493 g/mol. The summed E-state index contributed by atoms with van der Waals surface area (Å²) in [5, 5.41) is 19.1. The van der Waals surface area contributed by atoms with Crippen LogP contribution < -0.4 is 10.5 Å². The van der Waals surface area contributed by atoms with Gasteiger partial charge in [0.05, 0.1) is 17.7 Å². The molecular weight excluding hydrogens is 480 g/mol. The number of benzene rings is 2. The lowest BCUT2D eigenvalue weighted by Gasteiger charge is -2.12. The molecule has 0 aliphatic heterocycles. The lowest BCUT2D eigenvalue weighted by molar-refractivity contribution is 0.202. The van der Waals surface area contributed by atoms with Gasteiger partial charge in [-0.2, -0.15) is 0 Å². The van der Waals surface area contributed by atoms with Gasteiger partial charge in [0.25, 0.3) is 0 Å². The second-order valence-corrected chi connectivity index (χ2v) is 8.32. The van der Waals surface area contributed by atoms with Crippen molar-refractivity contribution >= 4 is 50.5 Å². The van der Waals surface area contributed by atoms with Crippen LogP contribution in [0.25, 0.3) is 21.1 Å². The number of aromatic nitrogens is 2. The first-order chi connectivity index (χ1) is 12.9. The van der Waals surface area contributed by atoms with Gasteiger partial charge in [-0.1, -0.05) is 50.5 Å². The topological polar surface area (TPSA) is 81.3 Å². The highest BCUT2D eigenvalue weighted by Gasteiger charge is 2.17. The van der Waals surface area contributed by atoms with E-state index in [1.165, 1.54) is 23.5 Å². The van der Waals surface area contributed by atoms with Gasteiger partial charge < -0.3 is 15.6 Å². The highest BCUT2D eigenvalue weighted by Crippen LogP contribution is 2.38. The predicted molar refractivity (Wildman–Crippen MR) is 109 cm³/mol. The van der Waals surface area contributed by atoms with Crippen LogP contribution in [0.3, 0.4) is 0 Å². The van der Waals surface area contributed by atoms with Crippen molar-refractivity contribution in [2.24, 2.45) is 5.73 Å². The highest BCUT2D eigenvalue weighted by atomic mass is 79.9. The summed E-state index contributed by atoms with van der Waals surface area (Å²) in [4.78, 5) is 0. The Morgan fingerprint density at radius 3 is 2.63 bits per heavy atom. The van der Waals surface area contributed by atoms with Crippen molar-refractivity contribution in [3.63, 3.8) is 0 Å². The first-order valence-electron chi connectivity index (χ1n) is 7.66. The maximum Gasteiger partial charge on any atom is 0.165 e. The summed E-state index contributed by atoms with van der Waals surface area (Å²) in [6.45, 7) is -0.295. The predicted octanol–water partition coefficient (Wildman–Crippen LogP) is 4.78. The Morgan fingerprint density at radius 2 is 1.93 bits per heavy atom. The van der Waals surface area contributed by atoms with E-state index in [9.17, 15) is 4.39 Å². The maximum atomic E-state index is 14.4. The molecule has 5 nitrogen and oxygen atoms in total. The summed E-state index contributed by atoms with van der Waals surface area (Å²) in [6, 6.07) is 7.37. The smallest absolute Gasteiger partial charge is 0.165 e. The number of aliphatic hydroxyl groups excluding tert-OH is 1. The molecule has 0 saturated carbocycles. The fourth-order valence-corrected chi connectivity index (χ4v) is 4.20. The molecule has 2 aromatic carbocycles. The molecule has 1 atom stereocenters. The second kappa shape index (κ2) is 8.81. The molecule has 0 saturated heterocycles. The van der Waals surface area contributed by atoms with Crippen LogP contribution in [0.5, 0.6) is 5.75 Å². The van der Waals surface area contributed by atoms with Gasteiger partial charge in [0.2, 0.25) is 0 Å². The fourth-order valence-electron chi connectivity index (χ4n) is 2.18. The fraction of sp³-hybridized carbons (Fsp3) is 0.176. The zero-order valence-electron chi connectivity index (χ0n) is 13.6. The third-order valence-electron chi connectivity index (χ3n) is 3.47. The van der Waals surface area contributed by atoms with Crippen LogP contribution in [0.15, 0.2) is 34.8 Å². The first kappa shape index (κ1) is 20.4. The number of nitrogens with zero attached hydrogens (tertiary/aromatic N) is 2. The Hall–Kier alpha value is -1.29. The van der Waals surface area contributed by atoms with Crippen LogP contribution in [-0.4, -0.2) is 34.6 Å². The molecule has 0 bridgehead atoms. The number of halogens is 4. The molecule has 0 aliphatic carbocycles. The Morgan fingerprint density at radius 1 is 1.19 bits per heavy atom. The van der Waals surface area contributed by atoms with E-state index in [0.717, 1.165) is 10.0 Å². The van der Waals surface area contributed by atoms with E-state index in [0.29, 0.717) is 20.6 Å². The molecule has 1 aromatic heterocycles. The van der Waals surface area contributed by atoms with Crippen LogP contribution in [0, 0.1) is 5.82 Å². The van der Waals surface area contributed by atoms with Gasteiger partial charge in [-0.25, -0.2) is 4.39 Å². The van der Waals surface area contributed by atoms with E-state index in [-0.39, 0.29) is 24.0 Å². The largest absolute Gasteiger partial charge is 0.489 e. The molecule has 27 heavy (non-hydrogen) atoms. The van der Waals surface area contributed by atoms with E-state index in [2.05, 4.69) is 26.1 Å². The molecular formula is C17H13BrCl2FN3O2S. The van der Waals surface area contributed by atoms with Gasteiger partial charge in [0, 0.05) is 26.7 Å². The summed E-state index contributed by atoms with van der Waals surface area (Å²) in [5.41, 5.74) is 6.73. The van der Waals surface area contributed by atoms with Crippen LogP contribution in [0.1, 0.15) is 0 Å². The molecule has 10 heteroatoms. The van der Waals surface area contributed by atoms with Crippen molar-refractivity contribution < 1.29 is 14.2 Å². The first-order valence-corrected chi connectivity index (χ1v) is 10.0. The number of rotatable bonds is 6. The van der Waals surface area contributed by atoms with E-state index >= 15 is 0 Å². The summed E-state index contributed by atoms with van der Waals surface area (Å²) in [5.74, 6) is -0.655. The molecule has 0 fully saturated rings. The Bertz CT molecular complexity index is 953. The number of ether oxygens (including phenoxy) is 1. The summed E-state index contributed by atoms with van der Waals surface area (Å²) in [6.07, 6.45) is 0. The highest BCUT2D eigenvalue weighted by molar-refractivity contribution is 9.10. The van der Waals surface area contributed by atoms with E-state index in [4.69, 9.17) is 38.8 Å². The van der Waals surface area contributed by atoms with Crippen molar-refractivity contribution in [2.75, 3.05) is 13.2 Å². The minimum atomic E-state index is -0.609. The molecule has 3 rings (SSSR count). The molecule has 142 valence electrons. The molecule has 0 unspecified atom stereocenters. The molecule has 0 aliphatic rings. The van der Waals surface area contributed by atoms with Crippen molar-refractivity contribution in [1.82, 2.24) is 10.2 Å². The van der Waals surface area contributed by atoms with Crippen LogP contribution in [0.2, 0.25) is 10.0 Å². The number of hydrogen-bond acceptors (Lipinski definition) is 6. The third kappa shape index (κ3) is 4.96. The standard InChI is InChI=1S/C17H13BrCl2FN3O2S/c18-9-1-8(2-10(19)3-9)16-23-24-17(27-16)12-4-14(21)15(5-13(12)20)26-7-11(22)6-25/h1-5,11,25H,6-7,22H2/t11-/m1/s1. The van der Waals surface area contributed by atoms with Gasteiger partial charge >= 0.3 is 0 Å². The molecule has 3 N–H and O–H groups in total. The van der Waals surface area contributed by atoms with Crippen LogP contribution in [0.4, 0.5) is 4.39 Å². The van der Waals surface area contributed by atoms with Crippen molar-refractivity contribution in [1.29, 1.82) is 0 Å². The maximum absolute atomic E-state index is 14.4. The Labute approximate surface area is 177 Å². The molecule has 0 spiro atoms. The number of nitrogens with two attached hydrogens (primary N) is 1. The van der Waals surface area contributed by atoms with Crippen molar-refractivity contribution in [2.45, 2.75) is 6.04 Å². The summed E-state index contributed by atoms with van der Waals surface area (Å²) in [7, 11) is 0. The molecule has 3 aromatic rings. The average Bonchev–Trinajstić information content (AvgIpc) is 3.10. The van der Waals surface area contributed by atoms with Crippen LogP contribution >= 0.6 is 50.5 Å². The van der Waals surface area contributed by atoms with E-state index in [1.54, 1.807) is 12.1 Å². The lowest BCUT2D eigenvalue weighted by atomic mass is 10.2. The minimum absolute atomic E-state index is 0.0320. The number of hydrogen-bond donors (Lipinski definition) is 2. The molecule has 0 amide bonds. The zero-order valence-corrected chi connectivity index (χ0v) is 17.5. The van der Waals surface area contributed by atoms with Gasteiger partial charge in [-0.05, 0) is 24.3 Å². The summed E-state index contributed by atoms with van der Waals surface area (Å²) < 4.78 is 20.4. The quantitative estimate of drug-likeness (QED) is 0.517. The molecule has 1 heterocycles. The molecule has 0 radical (unpaired) electrons. The van der Waals surface area contributed by atoms with E-state index < -0.39 is 11.9 Å². The SMILES string of the molecule is N[C@H](CO)COc1cc(Cl)c(-c2nnc(-c3cc(Cl)cc(Br)c3)s2)cc1F. The van der Waals surface area contributed by atoms with Gasteiger partial charge in [-0.15, -0.1) is 10.2 Å². The van der Waals surface area contributed by atoms with E-state index in [1.807, 2.05) is 6.07 Å². The second-order valence-electron chi connectivity index (χ2n) is 5.59. The van der Waals surface area contributed by atoms with Gasteiger partial charge in [0.15, 0.2) is 11.6 Å². The summed E-state index contributed by atoms with van der Waals surface area (Å²) >= 11 is 17.0. The number of aliphatic hydroxyl groups is 1. The van der Waals surface area contributed by atoms with Gasteiger partial charge in [-0.3, -0.25) is 0 Å². The minimum Gasteiger partial charge on any atom is -0.489 e.